The Labute approximate surface area is 179 Å². The molecule has 0 saturated carbocycles. The summed E-state index contributed by atoms with van der Waals surface area (Å²) in [5, 5.41) is 12.3. The average Bonchev–Trinajstić information content (AvgIpc) is 2.77. The summed E-state index contributed by atoms with van der Waals surface area (Å²) >= 11 is 6.22. The van der Waals surface area contributed by atoms with Crippen LogP contribution in [0.5, 0.6) is 5.75 Å². The number of primary amides is 1. The van der Waals surface area contributed by atoms with Crippen molar-refractivity contribution in [2.24, 2.45) is 11.7 Å². The van der Waals surface area contributed by atoms with Gasteiger partial charge in [-0.05, 0) is 54.1 Å². The molecule has 0 bridgehead atoms. The van der Waals surface area contributed by atoms with Gasteiger partial charge in [-0.2, -0.15) is 5.26 Å². The van der Waals surface area contributed by atoms with Crippen molar-refractivity contribution in [2.45, 2.75) is 12.8 Å². The topological polar surface area (TPSA) is 92.2 Å². The van der Waals surface area contributed by atoms with Crippen molar-refractivity contribution in [3.63, 3.8) is 0 Å². The van der Waals surface area contributed by atoms with Crippen LogP contribution in [0.25, 0.3) is 21.9 Å². The first-order valence-corrected chi connectivity index (χ1v) is 10.1. The Kier molecular flexibility index (Phi) is 5.47. The molecule has 3 aromatic rings. The minimum absolute atomic E-state index is 0.117. The number of nitrogens with zero attached hydrogens (tertiary/aromatic N) is 3. The summed E-state index contributed by atoms with van der Waals surface area (Å²) in [6.45, 7) is 1.31. The first-order valence-electron chi connectivity index (χ1n) is 9.74. The number of amides is 1. The summed E-state index contributed by atoms with van der Waals surface area (Å²) < 4.78 is 5.44. The second-order valence-electron chi connectivity index (χ2n) is 7.36. The molecule has 4 rings (SSSR count). The highest BCUT2D eigenvalue weighted by molar-refractivity contribution is 6.31. The zero-order chi connectivity index (χ0) is 21.3. The lowest BCUT2D eigenvalue weighted by Crippen LogP contribution is -2.39. The maximum atomic E-state index is 11.5. The summed E-state index contributed by atoms with van der Waals surface area (Å²) in [6.07, 6.45) is 1.35. The van der Waals surface area contributed by atoms with Crippen LogP contribution in [0.1, 0.15) is 18.5 Å². The van der Waals surface area contributed by atoms with E-state index in [1.807, 2.05) is 36.4 Å². The van der Waals surface area contributed by atoms with Crippen LogP contribution in [0.2, 0.25) is 5.02 Å². The molecule has 2 N–H and O–H groups in total. The van der Waals surface area contributed by atoms with Crippen molar-refractivity contribution in [1.29, 1.82) is 5.26 Å². The first-order chi connectivity index (χ1) is 14.5. The lowest BCUT2D eigenvalue weighted by molar-refractivity contribution is -0.122. The summed E-state index contributed by atoms with van der Waals surface area (Å²) in [6, 6.07) is 15.4. The van der Waals surface area contributed by atoms with E-state index in [1.54, 1.807) is 13.2 Å². The third-order valence-electron chi connectivity index (χ3n) is 5.61. The van der Waals surface area contributed by atoms with Gasteiger partial charge >= 0.3 is 0 Å². The molecule has 1 aliphatic heterocycles. The van der Waals surface area contributed by atoms with E-state index >= 15 is 0 Å². The van der Waals surface area contributed by atoms with Gasteiger partial charge in [-0.3, -0.25) is 4.79 Å². The van der Waals surface area contributed by atoms with Crippen molar-refractivity contribution in [1.82, 2.24) is 4.98 Å². The number of ether oxygens (including phenoxy) is 1. The fraction of sp³-hybridized carbons (Fsp3) is 0.261. The quantitative estimate of drug-likeness (QED) is 0.684. The Morgan fingerprint density at radius 2 is 2.00 bits per heavy atom. The highest BCUT2D eigenvalue weighted by Gasteiger charge is 2.26. The van der Waals surface area contributed by atoms with Crippen LogP contribution < -0.4 is 15.4 Å². The summed E-state index contributed by atoms with van der Waals surface area (Å²) in [4.78, 5) is 18.4. The van der Waals surface area contributed by atoms with Gasteiger partial charge < -0.3 is 15.4 Å². The molecule has 1 amide bonds. The van der Waals surface area contributed by atoms with Crippen molar-refractivity contribution in [3.8, 4) is 22.9 Å². The smallest absolute Gasteiger partial charge is 0.220 e. The molecule has 1 fully saturated rings. The molecule has 6 nitrogen and oxygen atoms in total. The molecule has 1 saturated heterocycles. The average molecular weight is 421 g/mol. The number of pyridine rings is 1. The Balaban J connectivity index is 1.91. The second-order valence-corrected chi connectivity index (χ2v) is 7.79. The number of rotatable bonds is 4. The van der Waals surface area contributed by atoms with E-state index in [-0.39, 0.29) is 11.8 Å². The fourth-order valence-corrected chi connectivity index (χ4v) is 4.23. The van der Waals surface area contributed by atoms with Crippen molar-refractivity contribution < 1.29 is 9.53 Å². The number of piperidine rings is 1. The van der Waals surface area contributed by atoms with E-state index in [4.69, 9.17) is 27.1 Å². The maximum absolute atomic E-state index is 11.5. The Morgan fingerprint density at radius 3 is 2.63 bits per heavy atom. The van der Waals surface area contributed by atoms with E-state index < -0.39 is 0 Å². The van der Waals surface area contributed by atoms with Crippen LogP contribution in [0, 0.1) is 17.2 Å². The lowest BCUT2D eigenvalue weighted by Gasteiger charge is -2.32. The van der Waals surface area contributed by atoms with Gasteiger partial charge in [0.1, 0.15) is 17.6 Å². The van der Waals surface area contributed by atoms with Gasteiger partial charge in [-0.15, -0.1) is 0 Å². The number of hydrogen-bond acceptors (Lipinski definition) is 5. The SMILES string of the molecule is COc1ccc2c(N3CCC(C(N)=O)CC3)nc(C#N)c(-c3cccc(Cl)c3)c2c1. The largest absolute Gasteiger partial charge is 0.497 e. The van der Waals surface area contributed by atoms with Gasteiger partial charge in [-0.25, -0.2) is 4.98 Å². The monoisotopic (exact) mass is 420 g/mol. The highest BCUT2D eigenvalue weighted by Crippen LogP contribution is 2.39. The number of nitriles is 1. The number of hydrogen-bond donors (Lipinski definition) is 1. The molecule has 0 atom stereocenters. The molecule has 1 aromatic heterocycles. The molecule has 0 radical (unpaired) electrons. The van der Waals surface area contributed by atoms with Gasteiger partial charge in [0.15, 0.2) is 5.69 Å². The molecule has 152 valence electrons. The van der Waals surface area contributed by atoms with Crippen molar-refractivity contribution >= 4 is 34.1 Å². The number of benzene rings is 2. The first kappa shape index (κ1) is 20.0. The number of nitrogens with two attached hydrogens (primary N) is 1. The fourth-order valence-electron chi connectivity index (χ4n) is 4.04. The molecule has 2 heterocycles. The van der Waals surface area contributed by atoms with Gasteiger partial charge in [-0.1, -0.05) is 23.7 Å². The van der Waals surface area contributed by atoms with E-state index in [9.17, 15) is 10.1 Å². The van der Waals surface area contributed by atoms with E-state index in [0.29, 0.717) is 42.4 Å². The van der Waals surface area contributed by atoms with Gasteiger partial charge in [0.05, 0.1) is 7.11 Å². The molecular weight excluding hydrogens is 400 g/mol. The van der Waals surface area contributed by atoms with Crippen LogP contribution in [0.15, 0.2) is 42.5 Å². The summed E-state index contributed by atoms with van der Waals surface area (Å²) in [5.74, 6) is 1.05. The van der Waals surface area contributed by atoms with Crippen molar-refractivity contribution in [3.05, 3.63) is 53.2 Å². The van der Waals surface area contributed by atoms with Crippen LogP contribution in [-0.4, -0.2) is 31.1 Å². The molecule has 1 aliphatic rings. The molecule has 0 unspecified atom stereocenters. The Bertz CT molecular complexity index is 1160. The van der Waals surface area contributed by atoms with Crippen LogP contribution in [-0.2, 0) is 4.79 Å². The van der Waals surface area contributed by atoms with Gasteiger partial charge in [0, 0.05) is 35.0 Å². The third-order valence-corrected chi connectivity index (χ3v) is 5.84. The molecule has 7 heteroatoms. The maximum Gasteiger partial charge on any atom is 0.220 e. The highest BCUT2D eigenvalue weighted by atomic mass is 35.5. The number of carbonyl (C=O) groups excluding carboxylic acids is 1. The van der Waals surface area contributed by atoms with E-state index in [0.717, 1.165) is 27.7 Å². The predicted octanol–water partition coefficient (Wildman–Crippen LogP) is 4.14. The van der Waals surface area contributed by atoms with Crippen LogP contribution >= 0.6 is 11.6 Å². The predicted molar refractivity (Wildman–Crippen MR) is 118 cm³/mol. The number of aromatic nitrogens is 1. The molecule has 2 aromatic carbocycles. The number of carbonyl (C=O) groups is 1. The zero-order valence-corrected chi connectivity index (χ0v) is 17.3. The summed E-state index contributed by atoms with van der Waals surface area (Å²) in [7, 11) is 1.61. The number of anilines is 1. The van der Waals surface area contributed by atoms with Crippen molar-refractivity contribution in [2.75, 3.05) is 25.1 Å². The molecule has 0 aliphatic carbocycles. The Morgan fingerprint density at radius 1 is 1.23 bits per heavy atom. The number of fused-ring (bicyclic) bond motifs is 1. The van der Waals surface area contributed by atoms with Crippen LogP contribution in [0.3, 0.4) is 0 Å². The van der Waals surface area contributed by atoms with E-state index in [1.165, 1.54) is 0 Å². The second kappa shape index (κ2) is 8.21. The lowest BCUT2D eigenvalue weighted by atomic mass is 9.94. The molecule has 0 spiro atoms. The van der Waals surface area contributed by atoms with Crippen LogP contribution in [0.4, 0.5) is 5.82 Å². The van der Waals surface area contributed by atoms with E-state index in [2.05, 4.69) is 11.0 Å². The number of methoxy groups -OCH3 is 1. The summed E-state index contributed by atoms with van der Waals surface area (Å²) in [5.41, 5.74) is 7.35. The minimum Gasteiger partial charge on any atom is -0.497 e. The normalized spacial score (nSPS) is 14.5. The minimum atomic E-state index is -0.258. The Hall–Kier alpha value is -3.30. The molecule has 30 heavy (non-hydrogen) atoms. The van der Waals surface area contributed by atoms with Gasteiger partial charge in [0.25, 0.3) is 0 Å². The molecular formula is C23H21ClN4O2. The standard InChI is InChI=1S/C23H21ClN4O2/c1-30-17-5-6-18-19(12-17)21(15-3-2-4-16(24)11-15)20(13-25)27-23(18)28-9-7-14(8-10-28)22(26)29/h2-6,11-12,14H,7-10H2,1H3,(H2,26,29). The zero-order valence-electron chi connectivity index (χ0n) is 16.6. The third kappa shape index (κ3) is 3.64. The van der Waals surface area contributed by atoms with Gasteiger partial charge in [0.2, 0.25) is 5.91 Å². The number of halogens is 1.